The van der Waals surface area contributed by atoms with E-state index in [1.165, 1.54) is 47.7 Å². The van der Waals surface area contributed by atoms with Crippen LogP contribution < -0.4 is 90.6 Å². The van der Waals surface area contributed by atoms with Gasteiger partial charge in [0.1, 0.15) is 11.5 Å². The van der Waals surface area contributed by atoms with Crippen LogP contribution in [0.4, 0.5) is 34.1 Å². The summed E-state index contributed by atoms with van der Waals surface area (Å²) in [5, 5.41) is 13.7. The third kappa shape index (κ3) is 22.5. The van der Waals surface area contributed by atoms with Crippen LogP contribution in [0, 0.1) is 34.6 Å². The van der Waals surface area contributed by atoms with Gasteiger partial charge in [-0.25, -0.2) is 9.59 Å². The number of pyridine rings is 2. The molecule has 0 radical (unpaired) electrons. The molecule has 1 atom stereocenters. The van der Waals surface area contributed by atoms with Crippen LogP contribution in [0.5, 0.6) is 11.5 Å². The molecule has 17 rings (SSSR count). The Morgan fingerprint density at radius 3 is 1.11 bits per heavy atom. The van der Waals surface area contributed by atoms with Crippen LogP contribution in [0.25, 0.3) is 33.4 Å². The fourth-order valence-corrected chi connectivity index (χ4v) is 21.8. The molecule has 0 aliphatic carbocycles. The Bertz CT molecular complexity index is 5640. The van der Waals surface area contributed by atoms with E-state index in [1.807, 2.05) is 47.6 Å². The number of hydrogen-bond donors (Lipinski definition) is 5. The van der Waals surface area contributed by atoms with Gasteiger partial charge in [0, 0.05) is 238 Å². The average Bonchev–Trinajstić information content (AvgIpc) is 1.60. The Balaban J connectivity index is 0.000000183. The van der Waals surface area contributed by atoms with Gasteiger partial charge in [-0.15, -0.1) is 0 Å². The summed E-state index contributed by atoms with van der Waals surface area (Å²) in [6.45, 7) is 37.3. The number of aryl methyl sites for hydroxylation is 2. The fraction of sp³-hybridized carbons (Fsp3) is 0.519. The molecule has 135 heavy (non-hydrogen) atoms. The minimum absolute atomic E-state index is 0. The van der Waals surface area contributed by atoms with Crippen molar-refractivity contribution in [3.63, 3.8) is 0 Å². The Morgan fingerprint density at radius 1 is 0.467 bits per heavy atom. The topological polar surface area (TPSA) is 342 Å². The zero-order valence-electron chi connectivity index (χ0n) is 81.4. The van der Waals surface area contributed by atoms with Crippen LogP contribution in [-0.2, 0) is 76.9 Å². The largest absolute Gasteiger partial charge is 1.00 e. The van der Waals surface area contributed by atoms with Crippen LogP contribution >= 0.6 is 0 Å². The van der Waals surface area contributed by atoms with Crippen LogP contribution in [0.1, 0.15) is 221 Å². The van der Waals surface area contributed by atoms with Gasteiger partial charge in [0.25, 0.3) is 11.1 Å². The monoisotopic (exact) mass is 1870 g/mol. The number of carboxylic acid groups (broad SMARTS) is 1. The van der Waals surface area contributed by atoms with Crippen LogP contribution in [-0.4, -0.2) is 208 Å². The molecule has 6 fully saturated rings. The van der Waals surface area contributed by atoms with Crippen molar-refractivity contribution >= 4 is 63.8 Å². The molecule has 3 spiro atoms. The number of amides is 3. The van der Waals surface area contributed by atoms with Crippen molar-refractivity contribution in [2.45, 2.75) is 221 Å². The minimum atomic E-state index is -0.925. The van der Waals surface area contributed by atoms with E-state index in [2.05, 4.69) is 143 Å². The predicted molar refractivity (Wildman–Crippen MR) is 527 cm³/mol. The molecule has 8 aromatic rings. The first-order chi connectivity index (χ1) is 63.6. The average molecular weight is 1870 g/mol. The van der Waals surface area contributed by atoms with E-state index < -0.39 is 5.97 Å². The third-order valence-corrected chi connectivity index (χ3v) is 29.3. The molecule has 0 saturated carbocycles. The number of rotatable bonds is 21. The van der Waals surface area contributed by atoms with Gasteiger partial charge in [0.05, 0.1) is 43.6 Å². The number of fused-ring (bicyclic) bond motifs is 6. The molecule has 9 aliphatic rings. The summed E-state index contributed by atoms with van der Waals surface area (Å²) < 4.78 is 49.7. The van der Waals surface area contributed by atoms with Crippen molar-refractivity contribution in [2.75, 3.05) is 169 Å². The molecular weight excluding hydrogens is 1720 g/mol. The number of aromatic amines is 2. The van der Waals surface area contributed by atoms with E-state index in [-0.39, 0.29) is 106 Å². The zero-order chi connectivity index (χ0) is 94.0. The molecule has 3 amide bonds. The smallest absolute Gasteiger partial charge is 0.870 e. The molecule has 1 unspecified atom stereocenters. The Hall–Kier alpha value is -9.79. The number of carboxylic acids is 1. The molecule has 29 heteroatoms. The number of aromatic carboxylic acids is 1. The number of carbonyl (C=O) groups excluding carboxylic acids is 4. The van der Waals surface area contributed by atoms with Crippen LogP contribution in [0.15, 0.2) is 113 Å². The first-order valence-electron chi connectivity index (χ1n) is 47.3. The molecular formula is C106H141N10NaO18. The molecule has 2 aromatic heterocycles. The summed E-state index contributed by atoms with van der Waals surface area (Å²) in [6.07, 6.45) is 11.3. The maximum absolute atomic E-state index is 12.9. The molecule has 0 bridgehead atoms. The number of methoxy groups -OCH3 is 3. The zero-order valence-corrected chi connectivity index (χ0v) is 83.4. The van der Waals surface area contributed by atoms with Crippen molar-refractivity contribution in [1.29, 1.82) is 0 Å². The second-order valence-corrected chi connectivity index (χ2v) is 36.9. The summed E-state index contributed by atoms with van der Waals surface area (Å²) >= 11 is 0. The minimum Gasteiger partial charge on any atom is -0.870 e. The van der Waals surface area contributed by atoms with E-state index in [0.717, 1.165) is 247 Å². The van der Waals surface area contributed by atoms with Crippen molar-refractivity contribution < 1.29 is 107 Å². The van der Waals surface area contributed by atoms with Crippen molar-refractivity contribution in [2.24, 2.45) is 5.73 Å². The number of benzene rings is 6. The molecule has 7 N–H and O–H groups in total. The molecule has 11 heterocycles. The number of carbonyl (C=O) groups is 5. The van der Waals surface area contributed by atoms with Crippen LogP contribution in [0.3, 0.4) is 0 Å². The molecule has 6 aromatic carbocycles. The van der Waals surface area contributed by atoms with Crippen LogP contribution in [0.2, 0.25) is 0 Å². The van der Waals surface area contributed by atoms with Gasteiger partial charge in [-0.1, -0.05) is 43.8 Å². The van der Waals surface area contributed by atoms with E-state index in [1.54, 1.807) is 46.9 Å². The number of nitrogens with one attached hydrogen (secondary N) is 3. The van der Waals surface area contributed by atoms with Gasteiger partial charge in [-0.2, -0.15) is 0 Å². The Labute approximate surface area is 817 Å². The first-order valence-corrected chi connectivity index (χ1v) is 47.3. The summed E-state index contributed by atoms with van der Waals surface area (Å²) in [5.74, 6) is 0.0428. The van der Waals surface area contributed by atoms with E-state index in [9.17, 15) is 38.7 Å². The number of ether oxygens (including phenoxy) is 9. The van der Waals surface area contributed by atoms with Crippen molar-refractivity contribution in [3.8, 4) is 44.9 Å². The number of nitrogens with zero attached hydrogens (tertiary/aromatic N) is 6. The predicted octanol–water partition coefficient (Wildman–Crippen LogP) is 13.2. The number of anilines is 6. The third-order valence-electron chi connectivity index (χ3n) is 29.3. The summed E-state index contributed by atoms with van der Waals surface area (Å²) in [5.41, 5.74) is 28.3. The quantitative estimate of drug-likeness (QED) is 0.0329. The van der Waals surface area contributed by atoms with Gasteiger partial charge in [-0.05, 0) is 278 Å². The van der Waals surface area contributed by atoms with Crippen molar-refractivity contribution in [1.82, 2.24) is 15.3 Å². The van der Waals surface area contributed by atoms with Gasteiger partial charge >= 0.3 is 41.5 Å². The van der Waals surface area contributed by atoms with Gasteiger partial charge in [0.2, 0.25) is 17.7 Å². The maximum Gasteiger partial charge on any atom is 1.00 e. The van der Waals surface area contributed by atoms with E-state index >= 15 is 0 Å². The fourth-order valence-electron chi connectivity index (χ4n) is 21.8. The number of esters is 1. The number of aromatic nitrogens is 2. The molecule has 6 saturated heterocycles. The normalized spacial score (nSPS) is 17.6. The molecule has 724 valence electrons. The van der Waals surface area contributed by atoms with E-state index in [0.29, 0.717) is 91.3 Å². The van der Waals surface area contributed by atoms with E-state index in [4.69, 9.17) is 48.4 Å². The second-order valence-electron chi connectivity index (χ2n) is 36.9. The standard InChI is InChI=1S/C38H50N4O5.C30H38N2O5.C29H36N2O5.C8H12N2O2.CH4.Na.H2O/c1-7-41(30-10-14-46-15-11-30)34-21-29(19-31(25(34)3)26(4)39-22-32-36(45-6)18-24(2)40-37(32)44)28-8-9-33-35(20-28)42(27(5)43)23-38(33)12-16-47-17-13-38;1-5-31(24-8-12-36-13-9-24)27-18-23(16-25(20(27)2)29(34)35-4)22-6-7-26-28(17-22)32(21(3)33)19-30(26)10-14-37-15-11-30;1-4-30(23-7-11-35-12-8-23)26-17-22(15-24(19(26)2)28(33)34)21-5-6-25-27(16-21)31(20(3)32)18-29(25)9-13-36-14-10-29;1-5-3-7(12-2)6(4-9)8(11)10-5;;;/h8-9,18-21,26,30,39H,7,10-17,22-23H2,1-6H3,(H,40,44);6-7,16-18,24H,5,8-15,19H2,1-4H3;5-6,15-17,23H,4,7-14,18H2,1-3H3,(H,33,34);3H,4,9H2,1-2H3,(H,10,11);1H4;;1H2/q;;;;;+1;/p-1. The number of H-pyrrole nitrogens is 2. The molecule has 28 nitrogen and oxygen atoms in total. The van der Waals surface area contributed by atoms with Crippen molar-refractivity contribution in [3.05, 3.63) is 196 Å². The first kappa shape index (κ1) is 106. The second kappa shape index (κ2) is 46.6. The van der Waals surface area contributed by atoms with Gasteiger partial charge in [-0.3, -0.25) is 24.0 Å². The van der Waals surface area contributed by atoms with Gasteiger partial charge in [0.15, 0.2) is 0 Å². The summed E-state index contributed by atoms with van der Waals surface area (Å²) in [4.78, 5) is 106. The summed E-state index contributed by atoms with van der Waals surface area (Å²) in [6, 6.07) is 36.8. The summed E-state index contributed by atoms with van der Waals surface area (Å²) in [7, 11) is 4.55. The SMILES string of the molecule is C.CCN(c1cc(-c2ccc3c(c2)N(C(C)=O)CC32CCOCC2)cc(C(=O)O)c1C)C1CCOCC1.CCN(c1cc(-c2ccc3c(c2)N(C(C)=O)CC32CCOCC2)cc(C(=O)OC)c1C)C1CCOCC1.CCN(c1cc(-c2ccc3c(c2)N(C(C)=O)CC32CCOCC2)cc(C(C)NCc2c(OC)cc(C)[nH]c2=O)c1C)C1CCOCC1.COc1cc(C)[nH]c(=O)c1CN.[Na+].[OH-]. The van der Waals surface area contributed by atoms with Gasteiger partial charge < -0.3 is 104 Å². The maximum atomic E-state index is 12.9. The Kier molecular flexibility index (Phi) is 36.5. The number of nitrogens with two attached hydrogens (primary N) is 1. The molecule has 9 aliphatic heterocycles. The Morgan fingerprint density at radius 2 is 0.785 bits per heavy atom. The number of hydrogen-bond acceptors (Lipinski definition) is 22.